The van der Waals surface area contributed by atoms with E-state index in [1.54, 1.807) is 31.8 Å². The number of nitrogens with zero attached hydrogens (tertiary/aromatic N) is 5. The zero-order valence-corrected chi connectivity index (χ0v) is 16.9. The number of hydrogen-bond acceptors (Lipinski definition) is 7. The van der Waals surface area contributed by atoms with Gasteiger partial charge in [0.05, 0.1) is 30.2 Å². The molecule has 1 aliphatic carbocycles. The monoisotopic (exact) mass is 404 g/mol. The molecule has 0 saturated heterocycles. The van der Waals surface area contributed by atoms with Gasteiger partial charge >= 0.3 is 0 Å². The lowest BCUT2D eigenvalue weighted by Crippen LogP contribution is -2.17. The van der Waals surface area contributed by atoms with Crippen molar-refractivity contribution in [2.75, 3.05) is 12.4 Å². The number of methoxy groups -OCH3 is 1. The van der Waals surface area contributed by atoms with E-state index in [2.05, 4.69) is 37.4 Å². The van der Waals surface area contributed by atoms with Gasteiger partial charge in [0.1, 0.15) is 0 Å². The van der Waals surface area contributed by atoms with Crippen LogP contribution in [0.2, 0.25) is 1.41 Å². The molecule has 1 aliphatic rings. The number of carbonyl (C=O) groups is 1. The van der Waals surface area contributed by atoms with Crippen LogP contribution in [0.25, 0.3) is 11.4 Å². The van der Waals surface area contributed by atoms with Crippen molar-refractivity contribution in [1.29, 1.82) is 0 Å². The van der Waals surface area contributed by atoms with Crippen molar-refractivity contribution in [3.8, 4) is 29.0 Å². The number of para-hydroxylation sites is 1. The summed E-state index contributed by atoms with van der Waals surface area (Å²) in [6.07, 6.45) is 3.82. The number of aromatic nitrogens is 5. The first-order valence-electron chi connectivity index (χ1n) is 9.93. The minimum absolute atomic E-state index is 0.0102. The highest BCUT2D eigenvalue weighted by atomic mass is 16.5. The maximum absolute atomic E-state index is 12.1. The highest BCUT2D eigenvalue weighted by Gasteiger charge is 2.20. The maximum Gasteiger partial charge on any atom is 0.271 e. The number of nitrogens with one attached hydrogen (secondary N) is 1. The summed E-state index contributed by atoms with van der Waals surface area (Å²) in [4.78, 5) is 16.6. The SMILES string of the molecule is [2H]NC(=O)c1nncc(C)c1Nc1cccc(-c2nc(C#CC3CC3)n(C)n2)c1OC. The molecular weight excluding hydrogens is 382 g/mol. The van der Waals surface area contributed by atoms with Crippen LogP contribution in [-0.2, 0) is 7.05 Å². The Hall–Kier alpha value is -3.93. The number of anilines is 2. The van der Waals surface area contributed by atoms with Gasteiger partial charge < -0.3 is 15.8 Å². The van der Waals surface area contributed by atoms with Gasteiger partial charge in [0.2, 0.25) is 5.82 Å². The van der Waals surface area contributed by atoms with Crippen LogP contribution in [-0.4, -0.2) is 38.0 Å². The Bertz CT molecular complexity index is 1210. The minimum atomic E-state index is -0.668. The normalized spacial score (nSPS) is 13.1. The van der Waals surface area contributed by atoms with E-state index in [0.29, 0.717) is 45.8 Å². The molecule has 152 valence electrons. The molecule has 1 fully saturated rings. The fraction of sp³-hybridized carbons (Fsp3) is 0.286. The summed E-state index contributed by atoms with van der Waals surface area (Å²) in [6.45, 7) is 1.79. The Balaban J connectivity index is 1.73. The van der Waals surface area contributed by atoms with Crippen LogP contribution >= 0.6 is 0 Å². The summed E-state index contributed by atoms with van der Waals surface area (Å²) >= 11 is 0. The number of amides is 1. The molecule has 1 amide bonds. The number of primary amides is 1. The second-order valence-corrected chi connectivity index (χ2v) is 7.02. The molecule has 0 bridgehead atoms. The van der Waals surface area contributed by atoms with Gasteiger partial charge in [0.15, 0.2) is 18.7 Å². The van der Waals surface area contributed by atoms with Gasteiger partial charge in [-0.3, -0.25) is 4.79 Å². The molecule has 0 radical (unpaired) electrons. The Kier molecular flexibility index (Phi) is 4.73. The molecule has 30 heavy (non-hydrogen) atoms. The number of hydrogen-bond donors (Lipinski definition) is 2. The standard InChI is InChI=1S/C21H21N7O2/c1-12-11-23-26-18(20(22)29)17(12)24-15-6-4-5-14(19(15)30-3)21-25-16(28(2)27-21)10-9-13-7-8-13/h4-6,11,13H,7-8H2,1-3H3,(H2,22,29)(H,23,24)/i/hD. The van der Waals surface area contributed by atoms with Crippen LogP contribution in [0.5, 0.6) is 5.75 Å². The second kappa shape index (κ2) is 7.83. The smallest absolute Gasteiger partial charge is 0.271 e. The van der Waals surface area contributed by atoms with Crippen molar-refractivity contribution < 1.29 is 10.9 Å². The molecule has 9 heteroatoms. The molecule has 0 aliphatic heterocycles. The van der Waals surface area contributed by atoms with Crippen LogP contribution in [0.15, 0.2) is 24.4 Å². The molecular formula is C21H21N7O2. The van der Waals surface area contributed by atoms with Gasteiger partial charge in [-0.2, -0.15) is 15.2 Å². The van der Waals surface area contributed by atoms with E-state index in [1.807, 2.05) is 17.9 Å². The van der Waals surface area contributed by atoms with E-state index in [9.17, 15) is 4.79 Å². The minimum Gasteiger partial charge on any atom is -0.494 e. The van der Waals surface area contributed by atoms with Gasteiger partial charge in [-0.25, -0.2) is 4.68 Å². The zero-order valence-electron chi connectivity index (χ0n) is 17.9. The van der Waals surface area contributed by atoms with Crippen LogP contribution in [0.1, 0.15) is 34.7 Å². The molecule has 2 heterocycles. The lowest BCUT2D eigenvalue weighted by atomic mass is 10.1. The average molecular weight is 404 g/mol. The van der Waals surface area contributed by atoms with E-state index in [1.165, 1.54) is 6.20 Å². The molecule has 2 aromatic heterocycles. The van der Waals surface area contributed by atoms with E-state index in [-0.39, 0.29) is 5.69 Å². The van der Waals surface area contributed by atoms with Gasteiger partial charge in [-0.05, 0) is 43.4 Å². The second-order valence-electron chi connectivity index (χ2n) is 7.02. The fourth-order valence-electron chi connectivity index (χ4n) is 2.96. The highest BCUT2D eigenvalue weighted by Crippen LogP contribution is 2.37. The molecule has 0 spiro atoms. The van der Waals surface area contributed by atoms with Crippen LogP contribution in [0, 0.1) is 24.7 Å². The predicted octanol–water partition coefficient (Wildman–Crippen LogP) is 2.19. The number of carbonyl (C=O) groups excluding carboxylic acids is 1. The van der Waals surface area contributed by atoms with Crippen molar-refractivity contribution >= 4 is 17.3 Å². The number of nitrogens with two attached hydrogens (primary N) is 1. The lowest BCUT2D eigenvalue weighted by Gasteiger charge is -2.16. The van der Waals surface area contributed by atoms with Crippen molar-refractivity contribution in [2.24, 2.45) is 18.7 Å². The van der Waals surface area contributed by atoms with Gasteiger partial charge in [-0.15, -0.1) is 5.10 Å². The van der Waals surface area contributed by atoms with Crippen molar-refractivity contribution in [3.63, 3.8) is 0 Å². The number of aryl methyl sites for hydroxylation is 2. The van der Waals surface area contributed by atoms with E-state index >= 15 is 0 Å². The van der Waals surface area contributed by atoms with Gasteiger partial charge in [-0.1, -0.05) is 12.0 Å². The molecule has 0 unspecified atom stereocenters. The van der Waals surface area contributed by atoms with Crippen LogP contribution in [0.3, 0.4) is 0 Å². The Labute approximate surface area is 175 Å². The first kappa shape index (κ1) is 18.1. The predicted molar refractivity (Wildman–Crippen MR) is 111 cm³/mol. The van der Waals surface area contributed by atoms with E-state index in [4.69, 9.17) is 6.15 Å². The molecule has 4 rings (SSSR count). The first-order chi connectivity index (χ1) is 15.0. The van der Waals surface area contributed by atoms with E-state index < -0.39 is 5.91 Å². The fourth-order valence-corrected chi connectivity index (χ4v) is 2.96. The molecule has 3 aromatic rings. The summed E-state index contributed by atoms with van der Waals surface area (Å²) in [6, 6.07) is 5.49. The molecule has 1 saturated carbocycles. The topological polar surface area (TPSA) is 121 Å². The lowest BCUT2D eigenvalue weighted by molar-refractivity contribution is 0.0995. The summed E-state index contributed by atoms with van der Waals surface area (Å²) in [5.74, 6) is 7.67. The number of benzene rings is 1. The summed E-state index contributed by atoms with van der Waals surface area (Å²) < 4.78 is 14.5. The number of rotatable bonds is 5. The quantitative estimate of drug-likeness (QED) is 0.625. The Morgan fingerprint density at radius 2 is 2.27 bits per heavy atom. The largest absolute Gasteiger partial charge is 0.494 e. The van der Waals surface area contributed by atoms with Crippen molar-refractivity contribution in [1.82, 2.24) is 25.0 Å². The summed E-state index contributed by atoms with van der Waals surface area (Å²) in [7, 11) is 3.36. The average Bonchev–Trinajstić information content (AvgIpc) is 3.54. The van der Waals surface area contributed by atoms with Gasteiger partial charge in [0, 0.05) is 13.0 Å². The number of ether oxygens (including phenoxy) is 1. The first-order valence-corrected chi connectivity index (χ1v) is 9.43. The molecule has 9 nitrogen and oxygen atoms in total. The maximum atomic E-state index is 12.1. The molecule has 0 atom stereocenters. The molecule has 3 N–H and O–H groups in total. The van der Waals surface area contributed by atoms with Crippen LogP contribution < -0.4 is 15.8 Å². The molecule has 1 aromatic carbocycles. The summed E-state index contributed by atoms with van der Waals surface area (Å²) in [5, 5.41) is 15.4. The summed E-state index contributed by atoms with van der Waals surface area (Å²) in [5.41, 5.74) is 4.23. The third-order valence-electron chi connectivity index (χ3n) is 4.70. The van der Waals surface area contributed by atoms with Crippen LogP contribution in [0.4, 0.5) is 11.4 Å². The Morgan fingerprint density at radius 1 is 1.43 bits per heavy atom. The third kappa shape index (κ3) is 3.80. The third-order valence-corrected chi connectivity index (χ3v) is 4.70. The zero-order chi connectivity index (χ0) is 22.0. The highest BCUT2D eigenvalue weighted by molar-refractivity contribution is 5.98. The van der Waals surface area contributed by atoms with Crippen molar-refractivity contribution in [3.05, 3.63) is 41.5 Å². The Morgan fingerprint density at radius 3 is 3.00 bits per heavy atom. The van der Waals surface area contributed by atoms with E-state index in [0.717, 1.165) is 12.8 Å². The van der Waals surface area contributed by atoms with Crippen molar-refractivity contribution in [2.45, 2.75) is 19.8 Å². The van der Waals surface area contributed by atoms with Gasteiger partial charge in [0.25, 0.3) is 5.91 Å².